The van der Waals surface area contributed by atoms with E-state index in [4.69, 9.17) is 21.1 Å². The average molecular weight is 456 g/mol. The molecule has 2 heterocycles. The molecule has 0 radical (unpaired) electrons. The molecule has 0 saturated carbocycles. The van der Waals surface area contributed by atoms with Crippen LogP contribution in [-0.4, -0.2) is 28.3 Å². The van der Waals surface area contributed by atoms with Crippen LogP contribution in [0.4, 0.5) is 0 Å². The lowest BCUT2D eigenvalue weighted by Crippen LogP contribution is -2.23. The van der Waals surface area contributed by atoms with Crippen LogP contribution in [0.2, 0.25) is 5.02 Å². The van der Waals surface area contributed by atoms with Gasteiger partial charge in [0, 0.05) is 10.6 Å². The number of ether oxygens (including phenoxy) is 2. The first kappa shape index (κ1) is 21.3. The minimum absolute atomic E-state index is 0.202. The highest BCUT2D eigenvalue weighted by molar-refractivity contribution is 7.15. The van der Waals surface area contributed by atoms with Gasteiger partial charge in [-0.15, -0.1) is 5.10 Å². The van der Waals surface area contributed by atoms with Crippen molar-refractivity contribution in [3.8, 4) is 22.9 Å². The van der Waals surface area contributed by atoms with Crippen LogP contribution in [0.25, 0.3) is 22.4 Å². The van der Waals surface area contributed by atoms with Gasteiger partial charge in [-0.1, -0.05) is 48.8 Å². The number of thiazole rings is 1. The number of benzene rings is 2. The lowest BCUT2D eigenvalue weighted by Gasteiger charge is -2.11. The van der Waals surface area contributed by atoms with Gasteiger partial charge in [0.05, 0.1) is 18.2 Å². The van der Waals surface area contributed by atoms with E-state index in [0.717, 1.165) is 30.4 Å². The maximum absolute atomic E-state index is 12.8. The summed E-state index contributed by atoms with van der Waals surface area (Å²) in [7, 11) is 1.61. The third kappa shape index (κ3) is 4.73. The van der Waals surface area contributed by atoms with E-state index in [1.165, 1.54) is 15.9 Å². The Morgan fingerprint density at radius 2 is 1.94 bits per heavy atom. The molecule has 160 valence electrons. The van der Waals surface area contributed by atoms with Crippen molar-refractivity contribution in [1.82, 2.24) is 14.6 Å². The number of unbranched alkanes of at least 4 members (excludes halogenated alkanes) is 2. The van der Waals surface area contributed by atoms with Crippen LogP contribution >= 0.6 is 22.9 Å². The van der Waals surface area contributed by atoms with E-state index < -0.39 is 0 Å². The summed E-state index contributed by atoms with van der Waals surface area (Å²) >= 11 is 7.23. The number of hydrogen-bond donors (Lipinski definition) is 0. The summed E-state index contributed by atoms with van der Waals surface area (Å²) in [6.45, 7) is 2.81. The zero-order valence-corrected chi connectivity index (χ0v) is 18.9. The zero-order valence-electron chi connectivity index (χ0n) is 17.3. The van der Waals surface area contributed by atoms with E-state index >= 15 is 0 Å². The summed E-state index contributed by atoms with van der Waals surface area (Å²) in [5.41, 5.74) is 1.45. The maximum Gasteiger partial charge on any atom is 0.291 e. The number of rotatable bonds is 8. The summed E-state index contributed by atoms with van der Waals surface area (Å²) in [6.07, 6.45) is 5.10. The second-order valence-electron chi connectivity index (χ2n) is 7.02. The van der Waals surface area contributed by atoms with Gasteiger partial charge in [0.15, 0.2) is 17.3 Å². The Bertz CT molecular complexity index is 1300. The molecule has 2 aromatic heterocycles. The molecule has 0 atom stereocenters. The van der Waals surface area contributed by atoms with E-state index in [2.05, 4.69) is 17.0 Å². The van der Waals surface area contributed by atoms with Gasteiger partial charge in [-0.05, 0) is 54.5 Å². The summed E-state index contributed by atoms with van der Waals surface area (Å²) < 4.78 is 13.2. The van der Waals surface area contributed by atoms with Crippen molar-refractivity contribution < 1.29 is 9.47 Å². The Labute approximate surface area is 188 Å². The monoisotopic (exact) mass is 455 g/mol. The van der Waals surface area contributed by atoms with Crippen molar-refractivity contribution in [3.05, 3.63) is 67.9 Å². The third-order valence-corrected chi connectivity index (χ3v) is 5.99. The smallest absolute Gasteiger partial charge is 0.291 e. The van der Waals surface area contributed by atoms with Crippen LogP contribution < -0.4 is 19.6 Å². The molecule has 0 saturated heterocycles. The number of hydrogen-bond acceptors (Lipinski definition) is 6. The van der Waals surface area contributed by atoms with Crippen LogP contribution in [-0.2, 0) is 0 Å². The molecule has 0 fully saturated rings. The topological polar surface area (TPSA) is 65.7 Å². The van der Waals surface area contributed by atoms with Gasteiger partial charge >= 0.3 is 0 Å². The minimum atomic E-state index is -0.202. The van der Waals surface area contributed by atoms with Crippen LogP contribution in [0.3, 0.4) is 0 Å². The van der Waals surface area contributed by atoms with Crippen molar-refractivity contribution in [2.24, 2.45) is 0 Å². The summed E-state index contributed by atoms with van der Waals surface area (Å²) in [4.78, 5) is 17.9. The standard InChI is InChI=1S/C23H22ClN3O3S/c1-3-4-5-12-30-18-11-6-15(13-19(18)29-2)14-20-22(28)27-23(31-20)25-21(26-27)16-7-9-17(24)10-8-16/h6-11,13-14H,3-5,12H2,1-2H3. The van der Waals surface area contributed by atoms with Crippen LogP contribution in [0.1, 0.15) is 31.7 Å². The Hall–Kier alpha value is -2.90. The van der Waals surface area contributed by atoms with Gasteiger partial charge in [-0.2, -0.15) is 9.50 Å². The second-order valence-corrected chi connectivity index (χ2v) is 8.46. The first-order valence-electron chi connectivity index (χ1n) is 10.1. The molecule has 0 unspecified atom stereocenters. The largest absolute Gasteiger partial charge is 0.493 e. The normalized spacial score (nSPS) is 11.9. The van der Waals surface area contributed by atoms with Crippen molar-refractivity contribution in [2.45, 2.75) is 26.2 Å². The zero-order chi connectivity index (χ0) is 21.8. The highest BCUT2D eigenvalue weighted by Gasteiger charge is 2.12. The minimum Gasteiger partial charge on any atom is -0.493 e. The molecule has 8 heteroatoms. The molecule has 0 spiro atoms. The van der Waals surface area contributed by atoms with E-state index in [9.17, 15) is 4.79 Å². The van der Waals surface area contributed by atoms with Crippen molar-refractivity contribution >= 4 is 34.0 Å². The van der Waals surface area contributed by atoms with Crippen LogP contribution in [0, 0.1) is 0 Å². The molecule has 0 aliphatic rings. The van der Waals surface area contributed by atoms with E-state index in [1.807, 2.05) is 36.4 Å². The fourth-order valence-electron chi connectivity index (χ4n) is 3.13. The van der Waals surface area contributed by atoms with E-state index in [1.54, 1.807) is 19.2 Å². The highest BCUT2D eigenvalue weighted by atomic mass is 35.5. The summed E-state index contributed by atoms with van der Waals surface area (Å²) in [5.74, 6) is 1.84. The maximum atomic E-state index is 12.8. The predicted molar refractivity (Wildman–Crippen MR) is 124 cm³/mol. The second kappa shape index (κ2) is 9.49. The molecule has 4 rings (SSSR count). The fraction of sp³-hybridized carbons (Fsp3) is 0.261. The molecule has 0 aliphatic carbocycles. The summed E-state index contributed by atoms with van der Waals surface area (Å²) in [6, 6.07) is 12.9. The number of fused-ring (bicyclic) bond motifs is 1. The first-order chi connectivity index (χ1) is 15.1. The van der Waals surface area contributed by atoms with Crippen LogP contribution in [0.15, 0.2) is 47.3 Å². The molecule has 0 amide bonds. The SMILES string of the molecule is CCCCCOc1ccc(C=c2sc3nc(-c4ccc(Cl)cc4)nn3c2=O)cc1OC. The van der Waals surface area contributed by atoms with Crippen LogP contribution in [0.5, 0.6) is 11.5 Å². The molecule has 2 aromatic carbocycles. The van der Waals surface area contributed by atoms with E-state index in [0.29, 0.717) is 38.4 Å². The Morgan fingerprint density at radius 3 is 2.65 bits per heavy atom. The average Bonchev–Trinajstić information content (AvgIpc) is 3.32. The number of aromatic nitrogens is 3. The molecule has 0 N–H and O–H groups in total. The molecule has 0 aliphatic heterocycles. The van der Waals surface area contributed by atoms with Gasteiger partial charge in [-0.3, -0.25) is 4.79 Å². The molecular weight excluding hydrogens is 434 g/mol. The van der Waals surface area contributed by atoms with Crippen molar-refractivity contribution in [1.29, 1.82) is 0 Å². The Kier molecular flexibility index (Phi) is 6.53. The van der Waals surface area contributed by atoms with Gasteiger partial charge < -0.3 is 9.47 Å². The first-order valence-corrected chi connectivity index (χ1v) is 11.3. The molecular formula is C23H22ClN3O3S. The number of halogens is 1. The quantitative estimate of drug-likeness (QED) is 0.363. The lowest BCUT2D eigenvalue weighted by atomic mass is 10.2. The molecule has 31 heavy (non-hydrogen) atoms. The Balaban J connectivity index is 1.61. The fourth-order valence-corrected chi connectivity index (χ4v) is 4.17. The predicted octanol–water partition coefficient (Wildman–Crippen LogP) is 4.60. The Morgan fingerprint density at radius 1 is 1.13 bits per heavy atom. The number of methoxy groups -OCH3 is 1. The van der Waals surface area contributed by atoms with Gasteiger partial charge in [0.2, 0.25) is 4.96 Å². The van der Waals surface area contributed by atoms with E-state index in [-0.39, 0.29) is 5.56 Å². The van der Waals surface area contributed by atoms with Crippen molar-refractivity contribution in [2.75, 3.05) is 13.7 Å². The number of nitrogens with zero attached hydrogens (tertiary/aromatic N) is 3. The lowest BCUT2D eigenvalue weighted by molar-refractivity contribution is 0.286. The highest BCUT2D eigenvalue weighted by Crippen LogP contribution is 2.28. The van der Waals surface area contributed by atoms with Gasteiger partial charge in [-0.25, -0.2) is 0 Å². The summed E-state index contributed by atoms with van der Waals surface area (Å²) in [5, 5.41) is 5.00. The van der Waals surface area contributed by atoms with Gasteiger partial charge in [0.25, 0.3) is 5.56 Å². The van der Waals surface area contributed by atoms with Crippen molar-refractivity contribution in [3.63, 3.8) is 0 Å². The van der Waals surface area contributed by atoms with Gasteiger partial charge in [0.1, 0.15) is 0 Å². The molecule has 0 bridgehead atoms. The molecule has 6 nitrogen and oxygen atoms in total. The molecule has 4 aromatic rings. The third-order valence-electron chi connectivity index (χ3n) is 4.78.